The Morgan fingerprint density at radius 1 is 1.42 bits per heavy atom. The van der Waals surface area contributed by atoms with Gasteiger partial charge >= 0.3 is 0 Å². The zero-order chi connectivity index (χ0) is 18.4. The normalized spacial score (nSPS) is 16.5. The summed E-state index contributed by atoms with van der Waals surface area (Å²) in [6, 6.07) is 7.17. The first kappa shape index (κ1) is 18.4. The molecule has 26 heavy (non-hydrogen) atoms. The Morgan fingerprint density at radius 3 is 3.08 bits per heavy atom. The Balaban J connectivity index is 1.56. The fourth-order valence-electron chi connectivity index (χ4n) is 3.10. The van der Waals surface area contributed by atoms with Crippen molar-refractivity contribution in [2.45, 2.75) is 38.8 Å². The molecule has 0 bridgehead atoms. The Bertz CT molecular complexity index is 748. The standard InChI is InChI=1S/C19H23N3O3S/c1-2-25-17-11-14(7-8-20-17)13-21-19(24)16-6-3-9-22(16)18(23)12-15-5-4-10-26-15/h4-5,7-8,10-11,16H,2-3,6,9,12-13H2,1H3,(H,21,24). The highest BCUT2D eigenvalue weighted by molar-refractivity contribution is 7.10. The van der Waals surface area contributed by atoms with Crippen molar-refractivity contribution in [2.24, 2.45) is 0 Å². The van der Waals surface area contributed by atoms with E-state index in [4.69, 9.17) is 4.74 Å². The minimum atomic E-state index is -0.379. The number of pyridine rings is 1. The van der Waals surface area contributed by atoms with Gasteiger partial charge in [-0.2, -0.15) is 0 Å². The van der Waals surface area contributed by atoms with E-state index < -0.39 is 0 Å². The van der Waals surface area contributed by atoms with Crippen LogP contribution in [0.1, 0.15) is 30.2 Å². The average molecular weight is 373 g/mol. The van der Waals surface area contributed by atoms with E-state index >= 15 is 0 Å². The lowest BCUT2D eigenvalue weighted by Gasteiger charge is -2.24. The van der Waals surface area contributed by atoms with Gasteiger partial charge in [0.05, 0.1) is 13.0 Å². The van der Waals surface area contributed by atoms with Crippen molar-refractivity contribution >= 4 is 23.2 Å². The smallest absolute Gasteiger partial charge is 0.243 e. The Morgan fingerprint density at radius 2 is 2.31 bits per heavy atom. The highest BCUT2D eigenvalue weighted by Crippen LogP contribution is 2.20. The SMILES string of the molecule is CCOc1cc(CNC(=O)C2CCCN2C(=O)Cc2cccs2)ccn1. The van der Waals surface area contributed by atoms with Crippen LogP contribution in [0, 0.1) is 0 Å². The first-order valence-corrected chi connectivity index (χ1v) is 9.72. The second kappa shape index (κ2) is 8.80. The molecule has 1 fully saturated rings. The topological polar surface area (TPSA) is 71.5 Å². The van der Waals surface area contributed by atoms with Gasteiger partial charge in [0.15, 0.2) is 0 Å². The molecule has 1 atom stereocenters. The number of carbonyl (C=O) groups excluding carboxylic acids is 2. The van der Waals surface area contributed by atoms with Crippen molar-refractivity contribution in [3.63, 3.8) is 0 Å². The molecule has 1 unspecified atom stereocenters. The molecule has 3 heterocycles. The summed E-state index contributed by atoms with van der Waals surface area (Å²) in [5, 5.41) is 4.90. The number of carbonyl (C=O) groups is 2. The first-order chi connectivity index (χ1) is 12.7. The van der Waals surface area contributed by atoms with Crippen LogP contribution >= 0.6 is 11.3 Å². The van der Waals surface area contributed by atoms with Gasteiger partial charge in [-0.15, -0.1) is 11.3 Å². The molecule has 0 aliphatic carbocycles. The van der Waals surface area contributed by atoms with Crippen LogP contribution in [0.25, 0.3) is 0 Å². The lowest BCUT2D eigenvalue weighted by Crippen LogP contribution is -2.46. The van der Waals surface area contributed by atoms with Crippen molar-refractivity contribution < 1.29 is 14.3 Å². The molecule has 0 saturated carbocycles. The molecule has 138 valence electrons. The summed E-state index contributed by atoms with van der Waals surface area (Å²) in [6.07, 6.45) is 3.60. The fourth-order valence-corrected chi connectivity index (χ4v) is 3.79. The van der Waals surface area contributed by atoms with Crippen LogP contribution in [-0.4, -0.2) is 40.9 Å². The molecule has 6 nitrogen and oxygen atoms in total. The second-order valence-corrected chi connectivity index (χ2v) is 7.19. The fraction of sp³-hybridized carbons (Fsp3) is 0.421. The van der Waals surface area contributed by atoms with Gasteiger partial charge in [-0.1, -0.05) is 6.07 Å². The molecule has 1 N–H and O–H groups in total. The molecule has 2 aromatic rings. The largest absolute Gasteiger partial charge is 0.478 e. The summed E-state index contributed by atoms with van der Waals surface area (Å²) in [7, 11) is 0. The molecule has 2 amide bonds. The van der Waals surface area contributed by atoms with Crippen LogP contribution in [0.4, 0.5) is 0 Å². The number of aromatic nitrogens is 1. The van der Waals surface area contributed by atoms with Crippen molar-refractivity contribution in [1.29, 1.82) is 0 Å². The summed E-state index contributed by atoms with van der Waals surface area (Å²) in [5.74, 6) is 0.470. The maximum Gasteiger partial charge on any atom is 0.243 e. The lowest BCUT2D eigenvalue weighted by molar-refractivity contribution is -0.138. The molecule has 2 aromatic heterocycles. The van der Waals surface area contributed by atoms with Crippen LogP contribution in [-0.2, 0) is 22.6 Å². The lowest BCUT2D eigenvalue weighted by atomic mass is 10.2. The molecule has 1 aliphatic heterocycles. The summed E-state index contributed by atoms with van der Waals surface area (Å²) in [5.41, 5.74) is 0.922. The van der Waals surface area contributed by atoms with E-state index in [9.17, 15) is 9.59 Å². The zero-order valence-corrected chi connectivity index (χ0v) is 15.6. The molecular weight excluding hydrogens is 350 g/mol. The van der Waals surface area contributed by atoms with Crippen molar-refractivity contribution in [1.82, 2.24) is 15.2 Å². The Labute approximate surface area is 157 Å². The van der Waals surface area contributed by atoms with Crippen LogP contribution in [0.15, 0.2) is 35.8 Å². The second-order valence-electron chi connectivity index (χ2n) is 6.15. The number of thiophene rings is 1. The third-order valence-corrected chi connectivity index (χ3v) is 5.22. The highest BCUT2D eigenvalue weighted by Gasteiger charge is 2.33. The average Bonchev–Trinajstić information content (AvgIpc) is 3.32. The van der Waals surface area contributed by atoms with Crippen LogP contribution in [0.3, 0.4) is 0 Å². The van der Waals surface area contributed by atoms with Crippen LogP contribution in [0.2, 0.25) is 0 Å². The first-order valence-electron chi connectivity index (χ1n) is 8.84. The van der Waals surface area contributed by atoms with E-state index in [-0.39, 0.29) is 17.9 Å². The van der Waals surface area contributed by atoms with Crippen molar-refractivity contribution in [2.75, 3.05) is 13.2 Å². The minimum Gasteiger partial charge on any atom is -0.478 e. The number of likely N-dealkylation sites (tertiary alicyclic amines) is 1. The summed E-state index contributed by atoms with van der Waals surface area (Å²) in [4.78, 5) is 32.0. The van der Waals surface area contributed by atoms with Gasteiger partial charge in [0.2, 0.25) is 17.7 Å². The number of nitrogens with zero attached hydrogens (tertiary/aromatic N) is 2. The van der Waals surface area contributed by atoms with Gasteiger partial charge in [0.25, 0.3) is 0 Å². The summed E-state index contributed by atoms with van der Waals surface area (Å²) >= 11 is 1.57. The van der Waals surface area contributed by atoms with Gasteiger partial charge in [-0.05, 0) is 42.8 Å². The maximum atomic E-state index is 12.6. The van der Waals surface area contributed by atoms with Gasteiger partial charge in [0, 0.05) is 30.2 Å². The van der Waals surface area contributed by atoms with Crippen LogP contribution in [0.5, 0.6) is 5.88 Å². The number of nitrogens with one attached hydrogen (secondary N) is 1. The predicted octanol–water partition coefficient (Wildman–Crippen LogP) is 2.39. The third-order valence-electron chi connectivity index (χ3n) is 4.34. The number of rotatable bonds is 7. The van der Waals surface area contributed by atoms with Crippen molar-refractivity contribution in [3.05, 3.63) is 46.3 Å². The van der Waals surface area contributed by atoms with E-state index in [0.29, 0.717) is 38.4 Å². The summed E-state index contributed by atoms with van der Waals surface area (Å²) < 4.78 is 5.38. The Hall–Kier alpha value is -2.41. The third kappa shape index (κ3) is 4.60. The number of amides is 2. The van der Waals surface area contributed by atoms with E-state index in [2.05, 4.69) is 10.3 Å². The van der Waals surface area contributed by atoms with Gasteiger partial charge < -0.3 is 15.0 Å². The molecule has 7 heteroatoms. The molecule has 1 saturated heterocycles. The quantitative estimate of drug-likeness (QED) is 0.809. The monoisotopic (exact) mass is 373 g/mol. The van der Waals surface area contributed by atoms with Gasteiger partial charge in [-0.25, -0.2) is 4.98 Å². The van der Waals surface area contributed by atoms with E-state index in [1.165, 1.54) is 0 Å². The van der Waals surface area contributed by atoms with Crippen LogP contribution < -0.4 is 10.1 Å². The minimum absolute atomic E-state index is 0.0210. The number of ether oxygens (including phenoxy) is 1. The Kier molecular flexibility index (Phi) is 6.22. The van der Waals surface area contributed by atoms with E-state index in [1.807, 2.05) is 36.6 Å². The van der Waals surface area contributed by atoms with Crippen molar-refractivity contribution in [3.8, 4) is 5.88 Å². The number of hydrogen-bond donors (Lipinski definition) is 1. The number of hydrogen-bond acceptors (Lipinski definition) is 5. The van der Waals surface area contributed by atoms with Gasteiger partial charge in [0.1, 0.15) is 6.04 Å². The maximum absolute atomic E-state index is 12.6. The molecular formula is C19H23N3O3S. The highest BCUT2D eigenvalue weighted by atomic mass is 32.1. The molecule has 0 aromatic carbocycles. The molecule has 3 rings (SSSR count). The van der Waals surface area contributed by atoms with Gasteiger partial charge in [-0.3, -0.25) is 9.59 Å². The predicted molar refractivity (Wildman–Crippen MR) is 100 cm³/mol. The van der Waals surface area contributed by atoms with E-state index in [0.717, 1.165) is 16.9 Å². The molecule has 0 spiro atoms. The zero-order valence-electron chi connectivity index (χ0n) is 14.8. The molecule has 0 radical (unpaired) electrons. The van der Waals surface area contributed by atoms with E-state index in [1.54, 1.807) is 22.4 Å². The molecule has 1 aliphatic rings. The summed E-state index contributed by atoms with van der Waals surface area (Å²) in [6.45, 7) is 3.49.